The van der Waals surface area contributed by atoms with Crippen LogP contribution in [0.15, 0.2) is 30.3 Å². The molecule has 5 heteroatoms. The second kappa shape index (κ2) is 7.57. The van der Waals surface area contributed by atoms with Crippen molar-refractivity contribution in [3.63, 3.8) is 0 Å². The van der Waals surface area contributed by atoms with E-state index < -0.39 is 10.0 Å². The van der Waals surface area contributed by atoms with E-state index in [9.17, 15) is 8.42 Å². The number of hydrogen-bond donors (Lipinski definition) is 1. The van der Waals surface area contributed by atoms with Crippen molar-refractivity contribution in [3.8, 4) is 0 Å². The molecule has 1 N–H and O–H groups in total. The predicted molar refractivity (Wildman–Crippen MR) is 88.7 cm³/mol. The fourth-order valence-corrected chi connectivity index (χ4v) is 3.94. The number of sulfonamides is 1. The summed E-state index contributed by atoms with van der Waals surface area (Å²) in [7, 11) is -3.26. The van der Waals surface area contributed by atoms with Gasteiger partial charge in [0.1, 0.15) is 0 Å². The number of nitrogens with one attached hydrogen (secondary N) is 1. The molecular weight excluding hydrogens is 338 g/mol. The van der Waals surface area contributed by atoms with E-state index >= 15 is 0 Å². The fourth-order valence-electron chi connectivity index (χ4n) is 1.95. The number of halogens is 1. The summed E-state index contributed by atoms with van der Waals surface area (Å²) in [6, 6.07) is 9.64. The van der Waals surface area contributed by atoms with Gasteiger partial charge in [-0.1, -0.05) is 67.0 Å². The van der Waals surface area contributed by atoms with Gasteiger partial charge in [0.05, 0.1) is 5.75 Å². The van der Waals surface area contributed by atoms with Crippen LogP contribution in [0.4, 0.5) is 0 Å². The molecule has 3 nitrogen and oxygen atoms in total. The Balaban J connectivity index is 2.64. The zero-order valence-corrected chi connectivity index (χ0v) is 14.8. The van der Waals surface area contributed by atoms with E-state index in [0.29, 0.717) is 6.42 Å². The minimum Gasteiger partial charge on any atom is -0.212 e. The second-order valence-corrected chi connectivity index (χ2v) is 8.74. The molecule has 0 aliphatic carbocycles. The van der Waals surface area contributed by atoms with Gasteiger partial charge in [0.15, 0.2) is 0 Å². The molecule has 0 bridgehead atoms. The normalized spacial score (nSPS) is 14.2. The van der Waals surface area contributed by atoms with Gasteiger partial charge in [-0.2, -0.15) is 0 Å². The zero-order valence-electron chi connectivity index (χ0n) is 12.4. The Morgan fingerprint density at radius 1 is 1.20 bits per heavy atom. The van der Waals surface area contributed by atoms with Gasteiger partial charge >= 0.3 is 0 Å². The van der Waals surface area contributed by atoms with Crippen LogP contribution in [-0.2, 0) is 16.4 Å². The molecule has 0 amide bonds. The summed E-state index contributed by atoms with van der Waals surface area (Å²) >= 11 is 3.39. The van der Waals surface area contributed by atoms with Crippen LogP contribution in [0.1, 0.15) is 32.8 Å². The minimum atomic E-state index is -3.26. The van der Waals surface area contributed by atoms with E-state index in [1.807, 2.05) is 30.3 Å². The molecule has 1 atom stereocenters. The van der Waals surface area contributed by atoms with Gasteiger partial charge in [0.2, 0.25) is 10.0 Å². The van der Waals surface area contributed by atoms with E-state index in [-0.39, 0.29) is 17.2 Å². The van der Waals surface area contributed by atoms with Gasteiger partial charge in [-0.25, -0.2) is 13.1 Å². The van der Waals surface area contributed by atoms with Crippen LogP contribution in [0.3, 0.4) is 0 Å². The summed E-state index contributed by atoms with van der Waals surface area (Å²) in [5, 5.41) is 0.788. The third-order valence-electron chi connectivity index (χ3n) is 3.27. The summed E-state index contributed by atoms with van der Waals surface area (Å²) in [6.45, 7) is 6.17. The fraction of sp³-hybridized carbons (Fsp3) is 0.600. The van der Waals surface area contributed by atoms with Crippen molar-refractivity contribution in [2.75, 3.05) is 11.1 Å². The standard InChI is InChI=1S/C15H24BrNO2S/c1-15(2,3)14(9-11-16)17-20(18,19)12-10-13-7-5-4-6-8-13/h4-8,14,17H,9-12H2,1-3H3. The maximum Gasteiger partial charge on any atom is 0.212 e. The van der Waals surface area contributed by atoms with Crippen molar-refractivity contribution in [1.29, 1.82) is 0 Å². The SMILES string of the molecule is CC(C)(C)C(CCBr)NS(=O)(=O)CCc1ccccc1. The number of hydrogen-bond acceptors (Lipinski definition) is 2. The molecule has 0 aliphatic rings. The highest BCUT2D eigenvalue weighted by atomic mass is 79.9. The molecule has 0 fully saturated rings. The van der Waals surface area contributed by atoms with Gasteiger partial charge < -0.3 is 0 Å². The van der Waals surface area contributed by atoms with Crippen molar-refractivity contribution in [2.24, 2.45) is 5.41 Å². The van der Waals surface area contributed by atoms with Crippen molar-refractivity contribution < 1.29 is 8.42 Å². The Morgan fingerprint density at radius 2 is 1.80 bits per heavy atom. The maximum atomic E-state index is 12.2. The highest BCUT2D eigenvalue weighted by Crippen LogP contribution is 2.23. The van der Waals surface area contributed by atoms with Gasteiger partial charge in [-0.05, 0) is 23.8 Å². The molecule has 1 unspecified atom stereocenters. The predicted octanol–water partition coefficient (Wildman–Crippen LogP) is 3.35. The third kappa shape index (κ3) is 6.37. The number of benzene rings is 1. The van der Waals surface area contributed by atoms with E-state index in [1.54, 1.807) is 0 Å². The molecule has 0 heterocycles. The molecule has 0 saturated carbocycles. The van der Waals surface area contributed by atoms with Crippen molar-refractivity contribution in [2.45, 2.75) is 39.7 Å². The smallest absolute Gasteiger partial charge is 0.212 e. The molecule has 20 heavy (non-hydrogen) atoms. The van der Waals surface area contributed by atoms with E-state index in [1.165, 1.54) is 0 Å². The van der Waals surface area contributed by atoms with Crippen LogP contribution in [0.2, 0.25) is 0 Å². The van der Waals surface area contributed by atoms with Crippen LogP contribution in [0.5, 0.6) is 0 Å². The second-order valence-electron chi connectivity index (χ2n) is 6.07. The Morgan fingerprint density at radius 3 is 2.30 bits per heavy atom. The molecule has 1 aromatic rings. The van der Waals surface area contributed by atoms with Crippen molar-refractivity contribution in [3.05, 3.63) is 35.9 Å². The first kappa shape index (κ1) is 17.7. The summed E-state index contributed by atoms with van der Waals surface area (Å²) in [6.07, 6.45) is 1.33. The highest BCUT2D eigenvalue weighted by Gasteiger charge is 2.28. The lowest BCUT2D eigenvalue weighted by molar-refractivity contribution is 0.293. The molecule has 114 valence electrons. The first-order valence-corrected chi connectivity index (χ1v) is 9.62. The van der Waals surface area contributed by atoms with Crippen LogP contribution in [-0.4, -0.2) is 25.5 Å². The monoisotopic (exact) mass is 361 g/mol. The van der Waals surface area contributed by atoms with Crippen molar-refractivity contribution >= 4 is 26.0 Å². The first-order valence-electron chi connectivity index (χ1n) is 6.84. The van der Waals surface area contributed by atoms with Gasteiger partial charge in [0, 0.05) is 11.4 Å². The van der Waals surface area contributed by atoms with Gasteiger partial charge in [-0.3, -0.25) is 0 Å². The van der Waals surface area contributed by atoms with Crippen LogP contribution < -0.4 is 4.72 Å². The van der Waals surface area contributed by atoms with E-state index in [2.05, 4.69) is 41.4 Å². The van der Waals surface area contributed by atoms with Gasteiger partial charge in [-0.15, -0.1) is 0 Å². The Labute approximate surface area is 131 Å². The summed E-state index contributed by atoms with van der Waals surface area (Å²) in [5.41, 5.74) is 0.957. The Bertz CT molecular complexity index is 494. The van der Waals surface area contributed by atoms with Crippen molar-refractivity contribution in [1.82, 2.24) is 4.72 Å². The molecule has 0 spiro atoms. The van der Waals surface area contributed by atoms with E-state index in [0.717, 1.165) is 17.3 Å². The zero-order chi connectivity index (χ0) is 15.2. The molecule has 1 rings (SSSR count). The number of rotatable bonds is 7. The minimum absolute atomic E-state index is 0.0531. The highest BCUT2D eigenvalue weighted by molar-refractivity contribution is 9.09. The average molecular weight is 362 g/mol. The molecule has 0 aromatic heterocycles. The maximum absolute atomic E-state index is 12.2. The lowest BCUT2D eigenvalue weighted by Crippen LogP contribution is -2.45. The first-order chi connectivity index (χ1) is 9.24. The largest absolute Gasteiger partial charge is 0.212 e. The number of aryl methyl sites for hydroxylation is 1. The van der Waals surface area contributed by atoms with E-state index in [4.69, 9.17) is 0 Å². The topological polar surface area (TPSA) is 46.2 Å². The van der Waals surface area contributed by atoms with Gasteiger partial charge in [0.25, 0.3) is 0 Å². The average Bonchev–Trinajstić information content (AvgIpc) is 2.36. The Kier molecular flexibility index (Phi) is 6.69. The summed E-state index contributed by atoms with van der Waals surface area (Å²) < 4.78 is 27.3. The molecule has 0 saturated heterocycles. The third-order valence-corrected chi connectivity index (χ3v) is 5.11. The van der Waals surface area contributed by atoms with Crippen LogP contribution >= 0.6 is 15.9 Å². The molecule has 1 aromatic carbocycles. The molecule has 0 radical (unpaired) electrons. The summed E-state index contributed by atoms with van der Waals surface area (Å²) in [4.78, 5) is 0. The van der Waals surface area contributed by atoms with Crippen LogP contribution in [0.25, 0.3) is 0 Å². The lowest BCUT2D eigenvalue weighted by atomic mass is 9.86. The summed E-state index contributed by atoms with van der Waals surface area (Å²) in [5.74, 6) is 0.131. The lowest BCUT2D eigenvalue weighted by Gasteiger charge is -2.30. The molecule has 0 aliphatic heterocycles. The Hall–Kier alpha value is -0.390. The number of alkyl halides is 1. The quantitative estimate of drug-likeness (QED) is 0.756. The van der Waals surface area contributed by atoms with Crippen LogP contribution in [0, 0.1) is 5.41 Å². The molecular formula is C15H24BrNO2S.